The zero-order chi connectivity index (χ0) is 11.6. The lowest BCUT2D eigenvalue weighted by Gasteiger charge is -2.14. The Hall–Kier alpha value is -1.61. The molecule has 2 rings (SSSR count). The summed E-state index contributed by atoms with van der Waals surface area (Å²) in [7, 11) is 0. The summed E-state index contributed by atoms with van der Waals surface area (Å²) < 4.78 is 1.82. The lowest BCUT2D eigenvalue weighted by atomic mass is 10.0. The minimum Gasteiger partial charge on any atom is -0.390 e. The molecule has 1 heterocycles. The number of rotatable bonds is 3. The number of aliphatic hydroxyl groups is 1. The van der Waals surface area contributed by atoms with E-state index >= 15 is 0 Å². The summed E-state index contributed by atoms with van der Waals surface area (Å²) in [4.78, 5) is 0. The molecule has 1 N–H and O–H groups in total. The second-order valence-corrected chi connectivity index (χ2v) is 4.62. The highest BCUT2D eigenvalue weighted by atomic mass is 16.3. The van der Waals surface area contributed by atoms with Gasteiger partial charge in [0.05, 0.1) is 17.5 Å². The van der Waals surface area contributed by atoms with Gasteiger partial charge in [0, 0.05) is 12.6 Å². The van der Waals surface area contributed by atoms with Crippen molar-refractivity contribution in [3.63, 3.8) is 0 Å². The van der Waals surface area contributed by atoms with Crippen LogP contribution < -0.4 is 0 Å². The molecule has 0 saturated carbocycles. The third-order valence-electron chi connectivity index (χ3n) is 2.29. The molecule has 0 atom stereocenters. The van der Waals surface area contributed by atoms with Crippen LogP contribution in [0.25, 0.3) is 5.69 Å². The normalized spacial score (nSPS) is 11.7. The van der Waals surface area contributed by atoms with Gasteiger partial charge >= 0.3 is 0 Å². The van der Waals surface area contributed by atoms with E-state index < -0.39 is 5.60 Å². The number of para-hydroxylation sites is 1. The molecule has 1 aromatic carbocycles. The van der Waals surface area contributed by atoms with E-state index in [9.17, 15) is 5.11 Å². The van der Waals surface area contributed by atoms with Crippen molar-refractivity contribution in [3.05, 3.63) is 48.3 Å². The van der Waals surface area contributed by atoms with Crippen molar-refractivity contribution in [1.29, 1.82) is 0 Å². The van der Waals surface area contributed by atoms with Crippen molar-refractivity contribution in [1.82, 2.24) is 9.78 Å². The summed E-state index contributed by atoms with van der Waals surface area (Å²) in [6.07, 6.45) is 4.36. The summed E-state index contributed by atoms with van der Waals surface area (Å²) in [5, 5.41) is 14.0. The predicted octanol–water partition coefficient (Wildman–Crippen LogP) is 2.19. The van der Waals surface area contributed by atoms with E-state index in [4.69, 9.17) is 0 Å². The van der Waals surface area contributed by atoms with Gasteiger partial charge in [-0.25, -0.2) is 4.68 Å². The molecule has 1 aromatic heterocycles. The molecule has 0 spiro atoms. The van der Waals surface area contributed by atoms with E-state index in [1.165, 1.54) is 0 Å². The van der Waals surface area contributed by atoms with Gasteiger partial charge < -0.3 is 5.11 Å². The van der Waals surface area contributed by atoms with Crippen LogP contribution in [0, 0.1) is 0 Å². The molecule has 2 aromatic rings. The maximum atomic E-state index is 9.71. The van der Waals surface area contributed by atoms with Crippen LogP contribution in [0.1, 0.15) is 19.4 Å². The van der Waals surface area contributed by atoms with E-state index in [2.05, 4.69) is 5.10 Å². The average Bonchev–Trinajstić information content (AvgIpc) is 2.65. The van der Waals surface area contributed by atoms with Crippen LogP contribution in [-0.4, -0.2) is 20.5 Å². The van der Waals surface area contributed by atoms with E-state index in [0.29, 0.717) is 6.42 Å². The molecule has 0 bridgehead atoms. The number of aromatic nitrogens is 2. The maximum absolute atomic E-state index is 9.71. The molecule has 0 unspecified atom stereocenters. The Kier molecular flexibility index (Phi) is 2.79. The third kappa shape index (κ3) is 2.70. The molecule has 84 valence electrons. The molecule has 0 radical (unpaired) electrons. The van der Waals surface area contributed by atoms with Crippen molar-refractivity contribution in [2.24, 2.45) is 0 Å². The Bertz CT molecular complexity index is 454. The van der Waals surface area contributed by atoms with Crippen LogP contribution in [0.4, 0.5) is 0 Å². The SMILES string of the molecule is CC(C)(O)Cc1cnn(-c2ccccc2)c1. The molecule has 0 aliphatic rings. The molecule has 0 amide bonds. The Morgan fingerprint density at radius 1 is 1.25 bits per heavy atom. The topological polar surface area (TPSA) is 38.1 Å². The fourth-order valence-electron chi connectivity index (χ4n) is 1.67. The fourth-order valence-corrected chi connectivity index (χ4v) is 1.67. The van der Waals surface area contributed by atoms with E-state index in [1.54, 1.807) is 20.0 Å². The van der Waals surface area contributed by atoms with Gasteiger partial charge in [-0.1, -0.05) is 18.2 Å². The first kappa shape index (κ1) is 10.9. The highest BCUT2D eigenvalue weighted by Gasteiger charge is 2.14. The fraction of sp³-hybridized carbons (Fsp3) is 0.308. The number of benzene rings is 1. The van der Waals surface area contributed by atoms with Crippen molar-refractivity contribution in [2.45, 2.75) is 25.9 Å². The van der Waals surface area contributed by atoms with Crippen LogP contribution in [-0.2, 0) is 6.42 Å². The van der Waals surface area contributed by atoms with Crippen molar-refractivity contribution < 1.29 is 5.11 Å². The molecule has 3 heteroatoms. The monoisotopic (exact) mass is 216 g/mol. The van der Waals surface area contributed by atoms with Crippen LogP contribution in [0.5, 0.6) is 0 Å². The van der Waals surface area contributed by atoms with Gasteiger partial charge in [-0.3, -0.25) is 0 Å². The van der Waals surface area contributed by atoms with E-state index in [0.717, 1.165) is 11.3 Å². The van der Waals surface area contributed by atoms with Crippen LogP contribution in [0.3, 0.4) is 0 Å². The third-order valence-corrected chi connectivity index (χ3v) is 2.29. The lowest BCUT2D eigenvalue weighted by molar-refractivity contribution is 0.0810. The zero-order valence-electron chi connectivity index (χ0n) is 9.59. The van der Waals surface area contributed by atoms with Crippen molar-refractivity contribution in [2.75, 3.05) is 0 Å². The van der Waals surface area contributed by atoms with Gasteiger partial charge in [-0.15, -0.1) is 0 Å². The molecule has 16 heavy (non-hydrogen) atoms. The highest BCUT2D eigenvalue weighted by molar-refractivity contribution is 5.31. The predicted molar refractivity (Wildman–Crippen MR) is 63.6 cm³/mol. The number of hydrogen-bond acceptors (Lipinski definition) is 2. The minimum atomic E-state index is -0.690. The van der Waals surface area contributed by atoms with Gasteiger partial charge in [0.2, 0.25) is 0 Å². The van der Waals surface area contributed by atoms with Crippen LogP contribution >= 0.6 is 0 Å². The van der Waals surface area contributed by atoms with Gasteiger partial charge in [0.25, 0.3) is 0 Å². The van der Waals surface area contributed by atoms with Crippen molar-refractivity contribution >= 4 is 0 Å². The van der Waals surface area contributed by atoms with Gasteiger partial charge in [-0.05, 0) is 31.5 Å². The van der Waals surface area contributed by atoms with Crippen LogP contribution in [0.15, 0.2) is 42.7 Å². The summed E-state index contributed by atoms with van der Waals surface area (Å²) in [6.45, 7) is 3.60. The lowest BCUT2D eigenvalue weighted by Crippen LogP contribution is -2.21. The Labute approximate surface area is 95.3 Å². The molecular weight excluding hydrogens is 200 g/mol. The molecule has 0 aliphatic carbocycles. The second-order valence-electron chi connectivity index (χ2n) is 4.62. The Morgan fingerprint density at radius 3 is 2.56 bits per heavy atom. The summed E-state index contributed by atoms with van der Waals surface area (Å²) in [5.41, 5.74) is 1.38. The number of hydrogen-bond donors (Lipinski definition) is 1. The first-order chi connectivity index (χ1) is 7.54. The Balaban J connectivity index is 2.21. The zero-order valence-corrected chi connectivity index (χ0v) is 9.59. The maximum Gasteiger partial charge on any atom is 0.0645 e. The molecule has 0 saturated heterocycles. The molecule has 0 fully saturated rings. The minimum absolute atomic E-state index is 0.611. The quantitative estimate of drug-likeness (QED) is 0.854. The largest absolute Gasteiger partial charge is 0.390 e. The Morgan fingerprint density at radius 2 is 1.94 bits per heavy atom. The van der Waals surface area contributed by atoms with Gasteiger partial charge in [0.1, 0.15) is 0 Å². The van der Waals surface area contributed by atoms with E-state index in [1.807, 2.05) is 41.2 Å². The summed E-state index contributed by atoms with van der Waals surface area (Å²) in [6, 6.07) is 9.94. The summed E-state index contributed by atoms with van der Waals surface area (Å²) in [5.74, 6) is 0. The summed E-state index contributed by atoms with van der Waals surface area (Å²) >= 11 is 0. The smallest absolute Gasteiger partial charge is 0.0645 e. The van der Waals surface area contributed by atoms with Crippen LogP contribution in [0.2, 0.25) is 0 Å². The highest BCUT2D eigenvalue weighted by Crippen LogP contribution is 2.13. The standard InChI is InChI=1S/C13H16N2O/c1-13(2,16)8-11-9-14-15(10-11)12-6-4-3-5-7-12/h3-7,9-10,16H,8H2,1-2H3. The average molecular weight is 216 g/mol. The van der Waals surface area contributed by atoms with Gasteiger partial charge in [-0.2, -0.15) is 5.10 Å². The van der Waals surface area contributed by atoms with Gasteiger partial charge in [0.15, 0.2) is 0 Å². The van der Waals surface area contributed by atoms with E-state index in [-0.39, 0.29) is 0 Å². The first-order valence-electron chi connectivity index (χ1n) is 5.36. The van der Waals surface area contributed by atoms with Crippen molar-refractivity contribution in [3.8, 4) is 5.69 Å². The molecular formula is C13H16N2O. The second kappa shape index (κ2) is 4.10. The number of nitrogens with zero attached hydrogens (tertiary/aromatic N) is 2. The molecule has 0 aliphatic heterocycles. The first-order valence-corrected chi connectivity index (χ1v) is 5.36. The molecule has 3 nitrogen and oxygen atoms in total.